The standard InChI is InChI=1S/C36H28N4/c37-40-35-23-21-31(38(27-13-5-1-6-14-27)28-15-7-2-8-16-28)25-33(35)34-26-32(22-24-36(34)40)39(29-17-9-3-10-18-29)30-19-11-4-12-20-30/h1-26H,37H2. The van der Waals surface area contributed by atoms with Gasteiger partial charge in [-0.25, -0.2) is 0 Å². The average molecular weight is 517 g/mol. The minimum absolute atomic E-state index is 0.989. The molecule has 6 aromatic carbocycles. The average Bonchev–Trinajstić information content (AvgIpc) is 3.30. The molecule has 0 aliphatic carbocycles. The van der Waals surface area contributed by atoms with Crippen molar-refractivity contribution in [1.82, 2.24) is 4.68 Å². The zero-order valence-electron chi connectivity index (χ0n) is 21.9. The number of anilines is 6. The number of rotatable bonds is 6. The lowest BCUT2D eigenvalue weighted by molar-refractivity contribution is 1.12. The minimum atomic E-state index is 0.989. The summed E-state index contributed by atoms with van der Waals surface area (Å²) in [6, 6.07) is 54.9. The molecule has 0 saturated heterocycles. The van der Waals surface area contributed by atoms with Crippen LogP contribution in [-0.2, 0) is 0 Å². The summed E-state index contributed by atoms with van der Waals surface area (Å²) in [5, 5.41) is 2.21. The first-order chi connectivity index (χ1) is 19.8. The fourth-order valence-electron chi connectivity index (χ4n) is 5.51. The van der Waals surface area contributed by atoms with Crippen molar-refractivity contribution in [3.8, 4) is 0 Å². The third-order valence-corrected chi connectivity index (χ3v) is 7.34. The molecular weight excluding hydrogens is 488 g/mol. The van der Waals surface area contributed by atoms with Crippen molar-refractivity contribution in [1.29, 1.82) is 0 Å². The van der Waals surface area contributed by atoms with Crippen molar-refractivity contribution in [2.24, 2.45) is 0 Å². The SMILES string of the molecule is Nn1c2ccc(N(c3ccccc3)c3ccccc3)cc2c2cc(N(c3ccccc3)c3ccccc3)ccc21. The quantitative estimate of drug-likeness (QED) is 0.224. The molecule has 0 bridgehead atoms. The predicted molar refractivity (Wildman–Crippen MR) is 169 cm³/mol. The van der Waals surface area contributed by atoms with E-state index in [9.17, 15) is 0 Å². The summed E-state index contributed by atoms with van der Waals surface area (Å²) in [5.41, 5.74) is 8.53. The van der Waals surface area contributed by atoms with Gasteiger partial charge in [0, 0.05) is 44.9 Å². The van der Waals surface area contributed by atoms with Gasteiger partial charge in [0.05, 0.1) is 11.0 Å². The van der Waals surface area contributed by atoms with Crippen LogP contribution < -0.4 is 15.6 Å². The van der Waals surface area contributed by atoms with Gasteiger partial charge in [-0.3, -0.25) is 4.68 Å². The van der Waals surface area contributed by atoms with Crippen LogP contribution in [0.2, 0.25) is 0 Å². The summed E-state index contributed by atoms with van der Waals surface area (Å²) in [6.45, 7) is 0. The molecular formula is C36H28N4. The first-order valence-corrected chi connectivity index (χ1v) is 13.4. The fourth-order valence-corrected chi connectivity index (χ4v) is 5.51. The molecule has 1 aromatic heterocycles. The van der Waals surface area contributed by atoms with Crippen LogP contribution in [0.3, 0.4) is 0 Å². The molecule has 4 nitrogen and oxygen atoms in total. The summed E-state index contributed by atoms with van der Waals surface area (Å²) in [6.07, 6.45) is 0. The van der Waals surface area contributed by atoms with E-state index >= 15 is 0 Å². The van der Waals surface area contributed by atoms with Gasteiger partial charge in [0.1, 0.15) is 0 Å². The Hall–Kier alpha value is -5.48. The Bertz CT molecular complexity index is 1680. The van der Waals surface area contributed by atoms with Gasteiger partial charge < -0.3 is 15.6 Å². The van der Waals surface area contributed by atoms with Crippen LogP contribution >= 0.6 is 0 Å². The van der Waals surface area contributed by atoms with Gasteiger partial charge in [-0.15, -0.1) is 0 Å². The van der Waals surface area contributed by atoms with E-state index in [1.54, 1.807) is 4.68 Å². The van der Waals surface area contributed by atoms with Crippen LogP contribution in [0, 0.1) is 0 Å². The topological polar surface area (TPSA) is 37.4 Å². The molecule has 1 heterocycles. The molecule has 0 fully saturated rings. The van der Waals surface area contributed by atoms with E-state index in [4.69, 9.17) is 5.84 Å². The van der Waals surface area contributed by atoms with Gasteiger partial charge in [0.15, 0.2) is 0 Å². The fraction of sp³-hybridized carbons (Fsp3) is 0. The third-order valence-electron chi connectivity index (χ3n) is 7.34. The molecule has 7 rings (SSSR count). The number of nitrogens with zero attached hydrogens (tertiary/aromatic N) is 3. The van der Waals surface area contributed by atoms with Crippen molar-refractivity contribution in [2.75, 3.05) is 15.6 Å². The third kappa shape index (κ3) is 4.12. The van der Waals surface area contributed by atoms with Gasteiger partial charge in [-0.2, -0.15) is 0 Å². The Kier molecular flexibility index (Phi) is 5.91. The molecule has 0 radical (unpaired) electrons. The van der Waals surface area contributed by atoms with E-state index in [2.05, 4.69) is 143 Å². The monoisotopic (exact) mass is 516 g/mol. The molecule has 0 amide bonds. The molecule has 192 valence electrons. The molecule has 0 spiro atoms. The van der Waals surface area contributed by atoms with Gasteiger partial charge in [-0.05, 0) is 84.9 Å². The highest BCUT2D eigenvalue weighted by molar-refractivity contribution is 6.11. The summed E-state index contributed by atoms with van der Waals surface area (Å²) < 4.78 is 1.79. The largest absolute Gasteiger partial charge is 0.339 e. The van der Waals surface area contributed by atoms with Crippen molar-refractivity contribution >= 4 is 55.9 Å². The number of nitrogens with two attached hydrogens (primary N) is 1. The molecule has 0 aliphatic rings. The Morgan fingerprint density at radius 3 is 0.950 bits per heavy atom. The van der Waals surface area contributed by atoms with E-state index in [-0.39, 0.29) is 0 Å². The maximum Gasteiger partial charge on any atom is 0.0705 e. The normalized spacial score (nSPS) is 11.1. The molecule has 4 heteroatoms. The molecule has 2 N–H and O–H groups in total. The maximum absolute atomic E-state index is 6.66. The Morgan fingerprint density at radius 2 is 0.650 bits per heavy atom. The van der Waals surface area contributed by atoms with Gasteiger partial charge in [0.2, 0.25) is 0 Å². The van der Waals surface area contributed by atoms with Crippen molar-refractivity contribution in [3.63, 3.8) is 0 Å². The summed E-state index contributed by atoms with van der Waals surface area (Å²) in [5.74, 6) is 6.66. The van der Waals surface area contributed by atoms with Crippen molar-refractivity contribution in [2.45, 2.75) is 0 Å². The van der Waals surface area contributed by atoms with E-state index in [1.165, 1.54) is 0 Å². The highest BCUT2D eigenvalue weighted by Crippen LogP contribution is 2.41. The second-order valence-corrected chi connectivity index (χ2v) is 9.79. The summed E-state index contributed by atoms with van der Waals surface area (Å²) >= 11 is 0. The summed E-state index contributed by atoms with van der Waals surface area (Å²) in [4.78, 5) is 4.56. The Labute approximate surface area is 233 Å². The minimum Gasteiger partial charge on any atom is -0.339 e. The van der Waals surface area contributed by atoms with Crippen molar-refractivity contribution in [3.05, 3.63) is 158 Å². The predicted octanol–water partition coefficient (Wildman–Crippen LogP) is 9.45. The molecule has 0 atom stereocenters. The molecule has 0 saturated carbocycles. The first-order valence-electron chi connectivity index (χ1n) is 13.4. The highest BCUT2D eigenvalue weighted by Gasteiger charge is 2.18. The van der Waals surface area contributed by atoms with E-state index in [0.717, 1.165) is 55.9 Å². The number of para-hydroxylation sites is 4. The summed E-state index contributed by atoms with van der Waals surface area (Å²) in [7, 11) is 0. The number of hydrogen-bond donors (Lipinski definition) is 1. The lowest BCUT2D eigenvalue weighted by atomic mass is 10.1. The maximum atomic E-state index is 6.66. The van der Waals surface area contributed by atoms with Gasteiger partial charge in [-0.1, -0.05) is 72.8 Å². The number of hydrogen-bond acceptors (Lipinski definition) is 3. The van der Waals surface area contributed by atoms with Gasteiger partial charge >= 0.3 is 0 Å². The second kappa shape index (κ2) is 10.0. The molecule has 0 unspecified atom stereocenters. The first kappa shape index (κ1) is 23.6. The van der Waals surface area contributed by atoms with Gasteiger partial charge in [0.25, 0.3) is 0 Å². The van der Waals surface area contributed by atoms with Crippen LogP contribution in [0.25, 0.3) is 21.8 Å². The zero-order valence-corrected chi connectivity index (χ0v) is 21.9. The number of fused-ring (bicyclic) bond motifs is 3. The van der Waals surface area contributed by atoms with Crippen LogP contribution in [0.1, 0.15) is 0 Å². The Morgan fingerprint density at radius 1 is 0.350 bits per heavy atom. The second-order valence-electron chi connectivity index (χ2n) is 9.79. The lowest BCUT2D eigenvalue weighted by Gasteiger charge is -2.26. The molecule has 0 aliphatic heterocycles. The molecule has 7 aromatic rings. The van der Waals surface area contributed by atoms with Crippen LogP contribution in [0.4, 0.5) is 34.1 Å². The number of aromatic nitrogens is 1. The highest BCUT2D eigenvalue weighted by atomic mass is 15.3. The lowest BCUT2D eigenvalue weighted by Crippen LogP contribution is -2.10. The smallest absolute Gasteiger partial charge is 0.0705 e. The molecule has 40 heavy (non-hydrogen) atoms. The van der Waals surface area contributed by atoms with E-state index < -0.39 is 0 Å². The number of nitrogen functional groups attached to an aromatic ring is 1. The van der Waals surface area contributed by atoms with Crippen LogP contribution in [-0.4, -0.2) is 4.68 Å². The zero-order chi connectivity index (χ0) is 26.9. The Balaban J connectivity index is 1.43. The van der Waals surface area contributed by atoms with Crippen LogP contribution in [0.5, 0.6) is 0 Å². The number of benzene rings is 6. The van der Waals surface area contributed by atoms with E-state index in [0.29, 0.717) is 0 Å². The van der Waals surface area contributed by atoms with Crippen molar-refractivity contribution < 1.29 is 0 Å². The van der Waals surface area contributed by atoms with Crippen LogP contribution in [0.15, 0.2) is 158 Å². The van der Waals surface area contributed by atoms with E-state index in [1.807, 2.05) is 24.3 Å².